The molecule has 1 amide bonds. The average molecular weight is 473 g/mol. The lowest BCUT2D eigenvalue weighted by Gasteiger charge is -2.09. The van der Waals surface area contributed by atoms with Crippen LogP contribution in [0.4, 0.5) is 5.69 Å². The Balaban J connectivity index is 1.35. The van der Waals surface area contributed by atoms with Gasteiger partial charge in [-0.15, -0.1) is 16.8 Å². The summed E-state index contributed by atoms with van der Waals surface area (Å²) in [5.41, 5.74) is 2.07. The molecule has 0 atom stereocenters. The summed E-state index contributed by atoms with van der Waals surface area (Å²) in [4.78, 5) is 29.6. The summed E-state index contributed by atoms with van der Waals surface area (Å²) in [7, 11) is 0. The lowest BCUT2D eigenvalue weighted by Crippen LogP contribution is -2.22. The van der Waals surface area contributed by atoms with Gasteiger partial charge in [-0.3, -0.25) is 18.6 Å². The summed E-state index contributed by atoms with van der Waals surface area (Å²) >= 11 is 1.25. The molecule has 9 nitrogen and oxygen atoms in total. The number of hydrogen-bond acceptors (Lipinski definition) is 7. The Morgan fingerprint density at radius 3 is 2.71 bits per heavy atom. The quantitative estimate of drug-likeness (QED) is 0.282. The fraction of sp³-hybridized carbons (Fsp3) is 0.125. The molecule has 0 aliphatic rings. The molecule has 0 aliphatic carbocycles. The number of rotatable bonds is 7. The first kappa shape index (κ1) is 21.7. The van der Waals surface area contributed by atoms with Crippen molar-refractivity contribution >= 4 is 40.0 Å². The molecule has 0 saturated heterocycles. The van der Waals surface area contributed by atoms with Gasteiger partial charge in [-0.2, -0.15) is 0 Å². The minimum Gasteiger partial charge on any atom is -0.441 e. The number of fused-ring (bicyclic) bond motifs is 3. The van der Waals surface area contributed by atoms with Crippen molar-refractivity contribution in [2.24, 2.45) is 0 Å². The molecule has 34 heavy (non-hydrogen) atoms. The van der Waals surface area contributed by atoms with E-state index < -0.39 is 0 Å². The minimum absolute atomic E-state index is 0.124. The molecule has 1 N–H and O–H groups in total. The molecule has 0 spiro atoms. The third-order valence-corrected chi connectivity index (χ3v) is 6.13. The SMILES string of the molecule is C=CCn1c(=O)c2ccccc2n2c(SCC(=O)Nc3ccc(-c4cnc(C)o4)cc3)nnc12. The molecule has 0 fully saturated rings. The number of amides is 1. The summed E-state index contributed by atoms with van der Waals surface area (Å²) in [6, 6.07) is 14.6. The second kappa shape index (κ2) is 8.99. The topological polar surface area (TPSA) is 107 Å². The second-order valence-corrected chi connectivity index (χ2v) is 8.44. The maximum Gasteiger partial charge on any atom is 0.263 e. The lowest BCUT2D eigenvalue weighted by molar-refractivity contribution is -0.113. The molecule has 2 aromatic carbocycles. The van der Waals surface area contributed by atoms with Gasteiger partial charge in [-0.05, 0) is 36.4 Å². The van der Waals surface area contributed by atoms with E-state index in [9.17, 15) is 9.59 Å². The van der Waals surface area contributed by atoms with E-state index in [1.165, 1.54) is 16.3 Å². The number of oxazole rings is 1. The third-order valence-electron chi connectivity index (χ3n) is 5.20. The van der Waals surface area contributed by atoms with Crippen molar-refractivity contribution in [2.45, 2.75) is 18.6 Å². The number of carbonyl (C=O) groups is 1. The molecule has 3 heterocycles. The van der Waals surface area contributed by atoms with Crippen LogP contribution >= 0.6 is 11.8 Å². The Kier molecular flexibility index (Phi) is 5.72. The molecule has 0 bridgehead atoms. The lowest BCUT2D eigenvalue weighted by atomic mass is 10.2. The number of para-hydroxylation sites is 1. The van der Waals surface area contributed by atoms with E-state index in [0.29, 0.717) is 45.7 Å². The van der Waals surface area contributed by atoms with E-state index in [1.807, 2.05) is 42.5 Å². The Morgan fingerprint density at radius 2 is 1.97 bits per heavy atom. The fourth-order valence-electron chi connectivity index (χ4n) is 3.66. The fourth-order valence-corrected chi connectivity index (χ4v) is 4.40. The number of thioether (sulfide) groups is 1. The van der Waals surface area contributed by atoms with Gasteiger partial charge >= 0.3 is 0 Å². The van der Waals surface area contributed by atoms with E-state index in [1.54, 1.807) is 29.7 Å². The minimum atomic E-state index is -0.186. The molecule has 0 saturated carbocycles. The standard InChI is InChI=1S/C24H20N6O3S/c1-3-12-29-22(32)18-6-4-5-7-19(18)30-23(29)27-28-24(30)34-14-21(31)26-17-10-8-16(9-11-17)20-13-25-15(2)33-20/h3-11,13H,1,12,14H2,2H3,(H,26,31). The summed E-state index contributed by atoms with van der Waals surface area (Å²) < 4.78 is 8.84. The van der Waals surface area contributed by atoms with Gasteiger partial charge in [0.2, 0.25) is 11.7 Å². The third kappa shape index (κ3) is 3.99. The van der Waals surface area contributed by atoms with Gasteiger partial charge in [-0.1, -0.05) is 30.0 Å². The number of benzene rings is 2. The number of carbonyl (C=O) groups excluding carboxylic acids is 1. The van der Waals surface area contributed by atoms with Crippen LogP contribution < -0.4 is 10.9 Å². The van der Waals surface area contributed by atoms with Crippen molar-refractivity contribution in [2.75, 3.05) is 11.1 Å². The van der Waals surface area contributed by atoms with Crippen LogP contribution in [0.5, 0.6) is 0 Å². The van der Waals surface area contributed by atoms with Crippen molar-refractivity contribution in [1.29, 1.82) is 0 Å². The number of nitrogens with one attached hydrogen (secondary N) is 1. The van der Waals surface area contributed by atoms with Gasteiger partial charge in [0.1, 0.15) is 0 Å². The van der Waals surface area contributed by atoms with Gasteiger partial charge in [0.05, 0.1) is 22.9 Å². The monoisotopic (exact) mass is 472 g/mol. The molecule has 0 aliphatic heterocycles. The molecule has 170 valence electrons. The zero-order valence-electron chi connectivity index (χ0n) is 18.3. The molecule has 0 radical (unpaired) electrons. The molecular formula is C24H20N6O3S. The highest BCUT2D eigenvalue weighted by atomic mass is 32.2. The zero-order valence-corrected chi connectivity index (χ0v) is 19.1. The molecule has 5 rings (SSSR count). The zero-order chi connectivity index (χ0) is 23.7. The number of allylic oxidation sites excluding steroid dienone is 1. The van der Waals surface area contributed by atoms with Crippen LogP contribution in [-0.2, 0) is 11.3 Å². The van der Waals surface area contributed by atoms with E-state index in [4.69, 9.17) is 4.42 Å². The van der Waals surface area contributed by atoms with E-state index in [2.05, 4.69) is 27.1 Å². The van der Waals surface area contributed by atoms with Gasteiger partial charge in [0.15, 0.2) is 16.8 Å². The van der Waals surface area contributed by atoms with Crippen molar-refractivity contribution in [3.8, 4) is 11.3 Å². The van der Waals surface area contributed by atoms with Crippen molar-refractivity contribution in [1.82, 2.24) is 24.1 Å². The smallest absolute Gasteiger partial charge is 0.263 e. The number of nitrogens with zero attached hydrogens (tertiary/aromatic N) is 5. The normalized spacial score (nSPS) is 11.2. The molecule has 5 aromatic rings. The average Bonchev–Trinajstić information content (AvgIpc) is 3.47. The summed E-state index contributed by atoms with van der Waals surface area (Å²) in [6.45, 7) is 5.82. The van der Waals surface area contributed by atoms with Crippen molar-refractivity contribution in [3.05, 3.63) is 83.6 Å². The van der Waals surface area contributed by atoms with Crippen LogP contribution in [-0.4, -0.2) is 35.8 Å². The maximum atomic E-state index is 12.9. The van der Waals surface area contributed by atoms with Crippen molar-refractivity contribution in [3.63, 3.8) is 0 Å². The van der Waals surface area contributed by atoms with Crippen LogP contribution in [0, 0.1) is 6.92 Å². The Bertz CT molecular complexity index is 1580. The number of anilines is 1. The first-order chi connectivity index (χ1) is 16.5. The molecule has 10 heteroatoms. The number of aromatic nitrogens is 5. The van der Waals surface area contributed by atoms with Gasteiger partial charge in [0.25, 0.3) is 5.56 Å². The van der Waals surface area contributed by atoms with E-state index in [-0.39, 0.29) is 17.2 Å². The summed E-state index contributed by atoms with van der Waals surface area (Å²) in [5.74, 6) is 1.61. The van der Waals surface area contributed by atoms with Crippen LogP contribution in [0.1, 0.15) is 5.89 Å². The van der Waals surface area contributed by atoms with E-state index >= 15 is 0 Å². The molecule has 3 aromatic heterocycles. The predicted molar refractivity (Wildman–Crippen MR) is 131 cm³/mol. The molecule has 0 unspecified atom stereocenters. The molecular weight excluding hydrogens is 452 g/mol. The van der Waals surface area contributed by atoms with Crippen LogP contribution in [0.25, 0.3) is 28.0 Å². The Labute approximate surface area is 198 Å². The first-order valence-corrected chi connectivity index (χ1v) is 11.5. The Morgan fingerprint density at radius 1 is 1.18 bits per heavy atom. The van der Waals surface area contributed by atoms with Crippen LogP contribution in [0.15, 0.2) is 81.8 Å². The highest BCUT2D eigenvalue weighted by molar-refractivity contribution is 7.99. The van der Waals surface area contributed by atoms with Crippen LogP contribution in [0.3, 0.4) is 0 Å². The first-order valence-electron chi connectivity index (χ1n) is 10.5. The second-order valence-electron chi connectivity index (χ2n) is 7.50. The highest BCUT2D eigenvalue weighted by Gasteiger charge is 2.17. The number of hydrogen-bond donors (Lipinski definition) is 1. The number of aryl methyl sites for hydroxylation is 1. The van der Waals surface area contributed by atoms with Gasteiger partial charge in [0, 0.05) is 24.7 Å². The van der Waals surface area contributed by atoms with Gasteiger partial charge < -0.3 is 9.73 Å². The van der Waals surface area contributed by atoms with Crippen molar-refractivity contribution < 1.29 is 9.21 Å². The predicted octanol–water partition coefficient (Wildman–Crippen LogP) is 3.92. The Hall–Kier alpha value is -4.18. The summed E-state index contributed by atoms with van der Waals surface area (Å²) in [6.07, 6.45) is 3.31. The largest absolute Gasteiger partial charge is 0.441 e. The highest BCUT2D eigenvalue weighted by Crippen LogP contribution is 2.24. The summed E-state index contributed by atoms with van der Waals surface area (Å²) in [5, 5.41) is 12.4. The maximum absolute atomic E-state index is 12.9. The van der Waals surface area contributed by atoms with Crippen LogP contribution in [0.2, 0.25) is 0 Å². The van der Waals surface area contributed by atoms with E-state index in [0.717, 1.165) is 5.56 Å². The van der Waals surface area contributed by atoms with Gasteiger partial charge in [-0.25, -0.2) is 4.98 Å².